The van der Waals surface area contributed by atoms with Crippen LogP contribution in [0.15, 0.2) is 39.8 Å². The van der Waals surface area contributed by atoms with E-state index in [-0.39, 0.29) is 20.8 Å². The molecule has 0 aliphatic carbocycles. The van der Waals surface area contributed by atoms with Gasteiger partial charge in [0.05, 0.1) is 10.7 Å². The van der Waals surface area contributed by atoms with Crippen LogP contribution < -0.4 is 4.72 Å². The van der Waals surface area contributed by atoms with Gasteiger partial charge in [-0.25, -0.2) is 17.8 Å². The molecule has 9 heteroatoms. The summed E-state index contributed by atoms with van der Waals surface area (Å²) in [5.41, 5.74) is -0.189. The van der Waals surface area contributed by atoms with Gasteiger partial charge in [0.2, 0.25) is 0 Å². The molecule has 2 rings (SSSR count). The van der Waals surface area contributed by atoms with Crippen molar-refractivity contribution in [3.05, 3.63) is 50.9 Å². The lowest BCUT2D eigenvalue weighted by molar-refractivity contribution is 0.598. The van der Waals surface area contributed by atoms with Crippen molar-refractivity contribution < 1.29 is 12.8 Å². The molecule has 0 radical (unpaired) electrons. The lowest BCUT2D eigenvalue weighted by Crippen LogP contribution is -2.14. The fraction of sp³-hybridized carbons (Fsp3) is 0. The number of sulfonamides is 1. The summed E-state index contributed by atoms with van der Waals surface area (Å²) in [4.78, 5) is 3.42. The lowest BCUT2D eigenvalue weighted by Gasteiger charge is -2.09. The Kier molecular flexibility index (Phi) is 4.53. The highest BCUT2D eigenvalue weighted by molar-refractivity contribution is 9.10. The minimum atomic E-state index is -4.01. The molecule has 0 atom stereocenters. The van der Waals surface area contributed by atoms with E-state index in [0.29, 0.717) is 4.47 Å². The Bertz CT molecular complexity index is 771. The summed E-state index contributed by atoms with van der Waals surface area (Å²) in [6.45, 7) is 0. The van der Waals surface area contributed by atoms with Gasteiger partial charge < -0.3 is 0 Å². The molecule has 0 amide bonds. The van der Waals surface area contributed by atoms with Crippen LogP contribution in [0.4, 0.5) is 10.1 Å². The Morgan fingerprint density at radius 2 is 1.95 bits per heavy atom. The Hall–Kier alpha value is -0.890. The molecule has 0 fully saturated rings. The standard InChI is InChI=1S/C11H6BrCl2FN2O2S/c12-6-1-2-9(15)10(3-6)17-20(18,19)7-4-8(13)11(14)16-5-7/h1-5,17H. The van der Waals surface area contributed by atoms with Gasteiger partial charge in [0.1, 0.15) is 15.9 Å². The van der Waals surface area contributed by atoms with Gasteiger partial charge in [-0.05, 0) is 24.3 Å². The zero-order valence-corrected chi connectivity index (χ0v) is 13.5. The SMILES string of the molecule is O=S(=O)(Nc1cc(Br)ccc1F)c1cnc(Cl)c(Cl)c1. The van der Waals surface area contributed by atoms with Crippen molar-refractivity contribution >= 4 is 54.8 Å². The van der Waals surface area contributed by atoms with Crippen LogP contribution in [0.25, 0.3) is 0 Å². The highest BCUT2D eigenvalue weighted by Gasteiger charge is 2.18. The lowest BCUT2D eigenvalue weighted by atomic mass is 10.3. The van der Waals surface area contributed by atoms with Crippen molar-refractivity contribution in [1.82, 2.24) is 4.98 Å². The van der Waals surface area contributed by atoms with Crippen LogP contribution in [0.1, 0.15) is 0 Å². The molecule has 2 aromatic rings. The van der Waals surface area contributed by atoms with E-state index < -0.39 is 15.8 Å². The zero-order chi connectivity index (χ0) is 14.9. The van der Waals surface area contributed by atoms with E-state index in [1.165, 1.54) is 12.1 Å². The maximum absolute atomic E-state index is 13.5. The van der Waals surface area contributed by atoms with Crippen molar-refractivity contribution in [2.45, 2.75) is 4.90 Å². The molecule has 0 saturated carbocycles. The number of nitrogens with zero attached hydrogens (tertiary/aromatic N) is 1. The number of hydrogen-bond acceptors (Lipinski definition) is 3. The summed E-state index contributed by atoms with van der Waals surface area (Å²) in [5, 5.41) is -0.0245. The average Bonchev–Trinajstić information content (AvgIpc) is 2.36. The number of anilines is 1. The number of halogens is 4. The van der Waals surface area contributed by atoms with E-state index in [0.717, 1.165) is 18.3 Å². The van der Waals surface area contributed by atoms with Crippen LogP contribution in [0, 0.1) is 5.82 Å². The van der Waals surface area contributed by atoms with E-state index in [1.807, 2.05) is 0 Å². The van der Waals surface area contributed by atoms with Gasteiger partial charge in [0.15, 0.2) is 0 Å². The molecule has 0 aliphatic rings. The zero-order valence-electron chi connectivity index (χ0n) is 9.57. The van der Waals surface area contributed by atoms with E-state index in [1.54, 1.807) is 0 Å². The third-order valence-corrected chi connectivity index (χ3v) is 4.77. The second kappa shape index (κ2) is 5.85. The monoisotopic (exact) mass is 398 g/mol. The molecule has 20 heavy (non-hydrogen) atoms. The molecular weight excluding hydrogens is 394 g/mol. The summed E-state index contributed by atoms with van der Waals surface area (Å²) in [7, 11) is -4.01. The number of benzene rings is 1. The predicted molar refractivity (Wildman–Crippen MR) is 79.2 cm³/mol. The van der Waals surface area contributed by atoms with Crippen molar-refractivity contribution in [1.29, 1.82) is 0 Å². The maximum Gasteiger partial charge on any atom is 0.263 e. The third-order valence-electron chi connectivity index (χ3n) is 2.25. The van der Waals surface area contributed by atoms with Gasteiger partial charge in [0.25, 0.3) is 10.0 Å². The molecule has 1 aromatic carbocycles. The van der Waals surface area contributed by atoms with Gasteiger partial charge in [-0.3, -0.25) is 4.72 Å². The molecular formula is C11H6BrCl2FN2O2S. The second-order valence-electron chi connectivity index (χ2n) is 3.67. The highest BCUT2D eigenvalue weighted by atomic mass is 79.9. The van der Waals surface area contributed by atoms with E-state index in [9.17, 15) is 12.8 Å². The summed E-state index contributed by atoms with van der Waals surface area (Å²) in [6, 6.07) is 5.02. The Balaban J connectivity index is 2.40. The van der Waals surface area contributed by atoms with Gasteiger partial charge in [-0.2, -0.15) is 0 Å². The largest absolute Gasteiger partial charge is 0.277 e. The molecule has 0 unspecified atom stereocenters. The first-order chi connectivity index (χ1) is 9.29. The van der Waals surface area contributed by atoms with Gasteiger partial charge in [0, 0.05) is 10.7 Å². The molecule has 0 bridgehead atoms. The highest BCUT2D eigenvalue weighted by Crippen LogP contribution is 2.26. The number of pyridine rings is 1. The molecule has 0 saturated heterocycles. The van der Waals surface area contributed by atoms with Crippen LogP contribution in [-0.2, 0) is 10.0 Å². The third kappa shape index (κ3) is 3.41. The number of hydrogen-bond donors (Lipinski definition) is 1. The first-order valence-electron chi connectivity index (χ1n) is 5.08. The van der Waals surface area contributed by atoms with Crippen LogP contribution in [0.2, 0.25) is 10.2 Å². The summed E-state index contributed by atoms with van der Waals surface area (Å²) < 4.78 is 40.4. The molecule has 0 spiro atoms. The normalized spacial score (nSPS) is 11.4. The molecule has 1 heterocycles. The Morgan fingerprint density at radius 3 is 2.60 bits per heavy atom. The van der Waals surface area contributed by atoms with E-state index in [4.69, 9.17) is 23.2 Å². The first-order valence-corrected chi connectivity index (χ1v) is 8.12. The van der Waals surface area contributed by atoms with E-state index in [2.05, 4.69) is 25.6 Å². The molecule has 106 valence electrons. The van der Waals surface area contributed by atoms with Crippen LogP contribution >= 0.6 is 39.1 Å². The quantitative estimate of drug-likeness (QED) is 0.790. The van der Waals surface area contributed by atoms with Crippen molar-refractivity contribution in [2.24, 2.45) is 0 Å². The maximum atomic E-state index is 13.5. The van der Waals surface area contributed by atoms with Gasteiger partial charge in [-0.1, -0.05) is 39.1 Å². The Labute approximate surface area is 133 Å². The Morgan fingerprint density at radius 1 is 1.25 bits per heavy atom. The van der Waals surface area contributed by atoms with Crippen molar-refractivity contribution in [2.75, 3.05) is 4.72 Å². The summed E-state index contributed by atoms with van der Waals surface area (Å²) in [5.74, 6) is -0.704. The molecule has 1 N–H and O–H groups in total. The summed E-state index contributed by atoms with van der Waals surface area (Å²) >= 11 is 14.5. The number of nitrogens with one attached hydrogen (secondary N) is 1. The fourth-order valence-corrected chi connectivity index (χ4v) is 3.05. The average molecular weight is 400 g/mol. The summed E-state index contributed by atoms with van der Waals surface area (Å²) in [6.07, 6.45) is 1.03. The molecule has 0 aliphatic heterocycles. The van der Waals surface area contributed by atoms with Crippen molar-refractivity contribution in [3.63, 3.8) is 0 Å². The first kappa shape index (κ1) is 15.5. The smallest absolute Gasteiger partial charge is 0.263 e. The van der Waals surface area contributed by atoms with Crippen LogP contribution in [0.5, 0.6) is 0 Å². The van der Waals surface area contributed by atoms with Crippen LogP contribution in [-0.4, -0.2) is 13.4 Å². The minimum Gasteiger partial charge on any atom is -0.277 e. The number of rotatable bonds is 3. The number of aromatic nitrogens is 1. The second-order valence-corrected chi connectivity index (χ2v) is 7.04. The van der Waals surface area contributed by atoms with E-state index >= 15 is 0 Å². The molecule has 4 nitrogen and oxygen atoms in total. The topological polar surface area (TPSA) is 59.1 Å². The van der Waals surface area contributed by atoms with Gasteiger partial charge >= 0.3 is 0 Å². The minimum absolute atomic E-state index is 0.00995. The molecule has 1 aromatic heterocycles. The van der Waals surface area contributed by atoms with Gasteiger partial charge in [-0.15, -0.1) is 0 Å². The van der Waals surface area contributed by atoms with Crippen molar-refractivity contribution in [3.8, 4) is 0 Å². The van der Waals surface area contributed by atoms with Crippen LogP contribution in [0.3, 0.4) is 0 Å². The fourth-order valence-electron chi connectivity index (χ4n) is 1.33. The predicted octanol–water partition coefficient (Wildman–Crippen LogP) is 4.09.